The van der Waals surface area contributed by atoms with Gasteiger partial charge in [-0.25, -0.2) is 0 Å². The van der Waals surface area contributed by atoms with Gasteiger partial charge in [-0.15, -0.1) is 0 Å². The van der Waals surface area contributed by atoms with Crippen molar-refractivity contribution in [3.05, 3.63) is 0 Å². The first kappa shape index (κ1) is 11.0. The zero-order chi connectivity index (χ0) is 9.68. The summed E-state index contributed by atoms with van der Waals surface area (Å²) >= 11 is 0. The van der Waals surface area contributed by atoms with Gasteiger partial charge in [-0.1, -0.05) is 33.1 Å². The molecule has 13 heavy (non-hydrogen) atoms. The minimum atomic E-state index is 0.413. The number of aliphatic hydroxyl groups is 1. The lowest BCUT2D eigenvalue weighted by molar-refractivity contribution is 0.158. The van der Waals surface area contributed by atoms with E-state index < -0.39 is 0 Å². The summed E-state index contributed by atoms with van der Waals surface area (Å²) in [5.41, 5.74) is 0. The summed E-state index contributed by atoms with van der Waals surface area (Å²) < 4.78 is 0. The Kier molecular flexibility index (Phi) is 4.79. The summed E-state index contributed by atoms with van der Waals surface area (Å²) in [6.07, 6.45) is 7.97. The predicted molar refractivity (Wildman–Crippen MR) is 56.6 cm³/mol. The second-order valence-electron chi connectivity index (χ2n) is 4.82. The van der Waals surface area contributed by atoms with Gasteiger partial charge in [0.1, 0.15) is 0 Å². The van der Waals surface area contributed by atoms with Gasteiger partial charge >= 0.3 is 0 Å². The van der Waals surface area contributed by atoms with Crippen molar-refractivity contribution in [2.75, 3.05) is 6.61 Å². The monoisotopic (exact) mass is 184 g/mol. The maximum absolute atomic E-state index is 9.01. The fourth-order valence-corrected chi connectivity index (χ4v) is 2.39. The van der Waals surface area contributed by atoms with Crippen molar-refractivity contribution in [1.82, 2.24) is 0 Å². The smallest absolute Gasteiger partial charge is 0.0459 e. The molecule has 1 aliphatic carbocycles. The van der Waals surface area contributed by atoms with Crippen LogP contribution < -0.4 is 0 Å². The molecule has 0 amide bonds. The molecule has 1 rings (SSSR count). The summed E-state index contributed by atoms with van der Waals surface area (Å²) in [6.45, 7) is 5.05. The number of hydrogen-bond acceptors (Lipinski definition) is 1. The molecule has 0 heterocycles. The zero-order valence-electron chi connectivity index (χ0n) is 9.13. The molecule has 78 valence electrons. The highest BCUT2D eigenvalue weighted by atomic mass is 16.3. The fourth-order valence-electron chi connectivity index (χ4n) is 2.39. The lowest BCUT2D eigenvalue weighted by atomic mass is 9.78. The van der Waals surface area contributed by atoms with Gasteiger partial charge in [-0.3, -0.25) is 0 Å². The molecule has 0 aliphatic heterocycles. The molecule has 1 heteroatoms. The largest absolute Gasteiger partial charge is 0.396 e. The van der Waals surface area contributed by atoms with Gasteiger partial charge in [-0.05, 0) is 37.0 Å². The fraction of sp³-hybridized carbons (Fsp3) is 1.00. The SMILES string of the molecule is CCC(C)CC1CCC(CO)CC1. The van der Waals surface area contributed by atoms with Gasteiger partial charge in [0.25, 0.3) is 0 Å². The van der Waals surface area contributed by atoms with E-state index in [0.717, 1.165) is 11.8 Å². The van der Waals surface area contributed by atoms with E-state index in [4.69, 9.17) is 5.11 Å². The van der Waals surface area contributed by atoms with Gasteiger partial charge < -0.3 is 5.11 Å². The van der Waals surface area contributed by atoms with E-state index in [-0.39, 0.29) is 0 Å². The van der Waals surface area contributed by atoms with Gasteiger partial charge in [0.05, 0.1) is 0 Å². The zero-order valence-corrected chi connectivity index (χ0v) is 9.13. The highest BCUT2D eigenvalue weighted by Crippen LogP contribution is 2.32. The van der Waals surface area contributed by atoms with Crippen molar-refractivity contribution in [3.8, 4) is 0 Å². The topological polar surface area (TPSA) is 20.2 Å². The van der Waals surface area contributed by atoms with Crippen LogP contribution in [0.5, 0.6) is 0 Å². The average molecular weight is 184 g/mol. The third-order valence-electron chi connectivity index (χ3n) is 3.66. The van der Waals surface area contributed by atoms with Crippen molar-refractivity contribution >= 4 is 0 Å². The first-order valence-corrected chi connectivity index (χ1v) is 5.87. The minimum absolute atomic E-state index is 0.413. The van der Waals surface area contributed by atoms with Crippen LogP contribution in [0, 0.1) is 17.8 Å². The van der Waals surface area contributed by atoms with E-state index in [1.54, 1.807) is 0 Å². The summed E-state index contributed by atoms with van der Waals surface area (Å²) in [4.78, 5) is 0. The summed E-state index contributed by atoms with van der Waals surface area (Å²) in [5, 5.41) is 9.01. The molecule has 0 spiro atoms. The lowest BCUT2D eigenvalue weighted by Crippen LogP contribution is -2.18. The Labute approximate surface area is 82.5 Å². The Morgan fingerprint density at radius 1 is 1.15 bits per heavy atom. The Balaban J connectivity index is 2.17. The molecule has 0 radical (unpaired) electrons. The Hall–Kier alpha value is -0.0400. The minimum Gasteiger partial charge on any atom is -0.396 e. The molecule has 0 aromatic heterocycles. The van der Waals surface area contributed by atoms with Crippen LogP contribution in [-0.4, -0.2) is 11.7 Å². The maximum atomic E-state index is 9.01. The van der Waals surface area contributed by atoms with Crippen LogP contribution >= 0.6 is 0 Å². The molecule has 0 aromatic rings. The molecule has 0 bridgehead atoms. The van der Waals surface area contributed by atoms with Crippen molar-refractivity contribution < 1.29 is 5.11 Å². The quantitative estimate of drug-likeness (QED) is 0.711. The molecule has 0 saturated heterocycles. The van der Waals surface area contributed by atoms with Crippen LogP contribution in [0.25, 0.3) is 0 Å². The highest BCUT2D eigenvalue weighted by molar-refractivity contribution is 4.73. The highest BCUT2D eigenvalue weighted by Gasteiger charge is 2.21. The molecule has 1 saturated carbocycles. The van der Waals surface area contributed by atoms with Crippen LogP contribution in [0.4, 0.5) is 0 Å². The molecular weight excluding hydrogens is 160 g/mol. The first-order chi connectivity index (χ1) is 6.26. The molecule has 1 fully saturated rings. The number of aliphatic hydroxyl groups excluding tert-OH is 1. The number of hydrogen-bond donors (Lipinski definition) is 1. The summed E-state index contributed by atoms with van der Waals surface area (Å²) in [5.74, 6) is 2.47. The normalized spacial score (nSPS) is 31.6. The molecule has 1 aliphatic rings. The first-order valence-electron chi connectivity index (χ1n) is 5.87. The molecule has 0 aromatic carbocycles. The Morgan fingerprint density at radius 2 is 1.69 bits per heavy atom. The van der Waals surface area contributed by atoms with E-state index in [2.05, 4.69) is 13.8 Å². The average Bonchev–Trinajstić information content (AvgIpc) is 2.19. The molecular formula is C12H24O. The van der Waals surface area contributed by atoms with E-state index >= 15 is 0 Å². The van der Waals surface area contributed by atoms with Crippen LogP contribution in [0.15, 0.2) is 0 Å². The molecule has 1 nitrogen and oxygen atoms in total. The van der Waals surface area contributed by atoms with Crippen molar-refractivity contribution in [2.24, 2.45) is 17.8 Å². The molecule has 1 unspecified atom stereocenters. The Bertz CT molecular complexity index is 125. The summed E-state index contributed by atoms with van der Waals surface area (Å²) in [7, 11) is 0. The van der Waals surface area contributed by atoms with E-state index in [9.17, 15) is 0 Å². The Morgan fingerprint density at radius 3 is 2.15 bits per heavy atom. The van der Waals surface area contributed by atoms with E-state index in [1.165, 1.54) is 38.5 Å². The van der Waals surface area contributed by atoms with Crippen molar-refractivity contribution in [3.63, 3.8) is 0 Å². The maximum Gasteiger partial charge on any atom is 0.0459 e. The van der Waals surface area contributed by atoms with Gasteiger partial charge in [-0.2, -0.15) is 0 Å². The van der Waals surface area contributed by atoms with Gasteiger partial charge in [0.2, 0.25) is 0 Å². The standard InChI is InChI=1S/C12H24O/c1-3-10(2)8-11-4-6-12(9-13)7-5-11/h10-13H,3-9H2,1-2H3. The van der Waals surface area contributed by atoms with Gasteiger partial charge in [0, 0.05) is 6.61 Å². The van der Waals surface area contributed by atoms with Gasteiger partial charge in [0.15, 0.2) is 0 Å². The van der Waals surface area contributed by atoms with Crippen LogP contribution in [0.1, 0.15) is 52.4 Å². The van der Waals surface area contributed by atoms with Crippen LogP contribution in [0.3, 0.4) is 0 Å². The van der Waals surface area contributed by atoms with E-state index in [0.29, 0.717) is 12.5 Å². The number of rotatable bonds is 4. The third-order valence-corrected chi connectivity index (χ3v) is 3.66. The van der Waals surface area contributed by atoms with Crippen LogP contribution in [-0.2, 0) is 0 Å². The van der Waals surface area contributed by atoms with Crippen molar-refractivity contribution in [2.45, 2.75) is 52.4 Å². The predicted octanol–water partition coefficient (Wildman–Crippen LogP) is 3.22. The third kappa shape index (κ3) is 3.68. The molecule has 1 atom stereocenters. The second-order valence-corrected chi connectivity index (χ2v) is 4.82. The van der Waals surface area contributed by atoms with Crippen molar-refractivity contribution in [1.29, 1.82) is 0 Å². The van der Waals surface area contributed by atoms with E-state index in [1.807, 2.05) is 0 Å². The second kappa shape index (κ2) is 5.64. The molecule has 1 N–H and O–H groups in total. The lowest BCUT2D eigenvalue weighted by Gasteiger charge is -2.28. The van der Waals surface area contributed by atoms with Crippen LogP contribution in [0.2, 0.25) is 0 Å². The summed E-state index contributed by atoms with van der Waals surface area (Å²) in [6, 6.07) is 0.